The molecular formula is C22H31FIN5. The van der Waals surface area contributed by atoms with Crippen LogP contribution in [0.15, 0.2) is 47.6 Å². The van der Waals surface area contributed by atoms with Crippen LogP contribution in [0, 0.1) is 5.82 Å². The predicted molar refractivity (Wildman–Crippen MR) is 129 cm³/mol. The standard InChI is InChI=1S/C22H30FN5.HI/c1-4-28(5-2)20-11-10-17(14-25-20)15-26-21(24-3)27-16-22(12-13-22)18-8-6-7-9-19(18)23;/h6-11,14H,4-5,12-13,15-16H2,1-3H3,(H2,24,26,27);1H. The van der Waals surface area contributed by atoms with Gasteiger partial charge in [0.1, 0.15) is 11.6 Å². The smallest absolute Gasteiger partial charge is 0.191 e. The molecule has 1 aromatic carbocycles. The Morgan fingerprint density at radius 1 is 1.14 bits per heavy atom. The van der Waals surface area contributed by atoms with Crippen LogP contribution < -0.4 is 15.5 Å². The Bertz CT molecular complexity index is 801. The number of aromatic nitrogens is 1. The van der Waals surface area contributed by atoms with E-state index in [1.165, 1.54) is 6.07 Å². The zero-order valence-electron chi connectivity index (χ0n) is 17.4. The summed E-state index contributed by atoms with van der Waals surface area (Å²) in [6.07, 6.45) is 3.89. The minimum atomic E-state index is -0.121. The quantitative estimate of drug-likeness (QED) is 0.319. The zero-order chi connectivity index (χ0) is 20.0. The second-order valence-corrected chi connectivity index (χ2v) is 7.24. The molecule has 0 spiro atoms. The van der Waals surface area contributed by atoms with Crippen molar-refractivity contribution in [3.05, 3.63) is 59.5 Å². The van der Waals surface area contributed by atoms with Gasteiger partial charge in [0.2, 0.25) is 0 Å². The Morgan fingerprint density at radius 3 is 2.41 bits per heavy atom. The van der Waals surface area contributed by atoms with E-state index < -0.39 is 0 Å². The molecule has 3 rings (SSSR count). The fourth-order valence-electron chi connectivity index (χ4n) is 3.50. The molecule has 1 aliphatic carbocycles. The molecular weight excluding hydrogens is 480 g/mol. The van der Waals surface area contributed by atoms with Crippen molar-refractivity contribution < 1.29 is 4.39 Å². The molecule has 0 bridgehead atoms. The van der Waals surface area contributed by atoms with Crippen molar-refractivity contribution in [3.63, 3.8) is 0 Å². The molecule has 1 aliphatic rings. The first kappa shape index (κ1) is 23.4. The summed E-state index contributed by atoms with van der Waals surface area (Å²) in [6.45, 7) is 7.46. The lowest BCUT2D eigenvalue weighted by Crippen LogP contribution is -2.41. The van der Waals surface area contributed by atoms with Crippen molar-refractivity contribution in [1.29, 1.82) is 0 Å². The first-order valence-electron chi connectivity index (χ1n) is 10.0. The van der Waals surface area contributed by atoms with Gasteiger partial charge >= 0.3 is 0 Å². The number of hydrogen-bond donors (Lipinski definition) is 2. The van der Waals surface area contributed by atoms with Crippen molar-refractivity contribution >= 4 is 35.8 Å². The van der Waals surface area contributed by atoms with E-state index in [2.05, 4.69) is 51.5 Å². The van der Waals surface area contributed by atoms with Crippen molar-refractivity contribution in [1.82, 2.24) is 15.6 Å². The van der Waals surface area contributed by atoms with Crippen LogP contribution in [0.2, 0.25) is 0 Å². The lowest BCUT2D eigenvalue weighted by molar-refractivity contribution is 0.559. The zero-order valence-corrected chi connectivity index (χ0v) is 19.7. The van der Waals surface area contributed by atoms with Crippen LogP contribution >= 0.6 is 24.0 Å². The number of hydrogen-bond acceptors (Lipinski definition) is 3. The minimum absolute atomic E-state index is 0. The SMILES string of the molecule is CCN(CC)c1ccc(CNC(=NC)NCC2(c3ccccc3F)CC2)cn1.I. The summed E-state index contributed by atoms with van der Waals surface area (Å²) >= 11 is 0. The number of aliphatic imine (C=N–C) groups is 1. The van der Waals surface area contributed by atoms with Crippen molar-refractivity contribution in [2.75, 3.05) is 31.6 Å². The van der Waals surface area contributed by atoms with Crippen LogP contribution in [0.3, 0.4) is 0 Å². The van der Waals surface area contributed by atoms with Gasteiger partial charge in [-0.25, -0.2) is 9.37 Å². The van der Waals surface area contributed by atoms with Crippen molar-refractivity contribution in [2.45, 2.75) is 38.6 Å². The molecule has 1 saturated carbocycles. The van der Waals surface area contributed by atoms with Gasteiger partial charge in [-0.05, 0) is 49.9 Å². The Labute approximate surface area is 190 Å². The molecule has 0 amide bonds. The van der Waals surface area contributed by atoms with E-state index in [1.54, 1.807) is 13.1 Å². The molecule has 0 radical (unpaired) electrons. The summed E-state index contributed by atoms with van der Waals surface area (Å²) < 4.78 is 14.2. The number of halogens is 2. The van der Waals surface area contributed by atoms with Crippen LogP contribution in [0.25, 0.3) is 0 Å². The van der Waals surface area contributed by atoms with Gasteiger partial charge in [-0.3, -0.25) is 4.99 Å². The highest BCUT2D eigenvalue weighted by Crippen LogP contribution is 2.48. The van der Waals surface area contributed by atoms with Gasteiger partial charge in [-0.2, -0.15) is 0 Å². The molecule has 29 heavy (non-hydrogen) atoms. The third-order valence-electron chi connectivity index (χ3n) is 5.47. The molecule has 158 valence electrons. The molecule has 0 unspecified atom stereocenters. The second-order valence-electron chi connectivity index (χ2n) is 7.24. The van der Waals surface area contributed by atoms with Crippen LogP contribution in [0.4, 0.5) is 10.2 Å². The maximum atomic E-state index is 14.2. The number of guanidine groups is 1. The normalized spacial score (nSPS) is 14.7. The summed E-state index contributed by atoms with van der Waals surface area (Å²) in [5.74, 6) is 1.59. The van der Waals surface area contributed by atoms with Crippen LogP contribution in [-0.2, 0) is 12.0 Å². The van der Waals surface area contributed by atoms with Gasteiger partial charge in [0.05, 0.1) is 0 Å². The average Bonchev–Trinajstić information content (AvgIpc) is 3.51. The third-order valence-corrected chi connectivity index (χ3v) is 5.47. The summed E-state index contributed by atoms with van der Waals surface area (Å²) in [5.41, 5.74) is 1.78. The number of nitrogens with one attached hydrogen (secondary N) is 2. The van der Waals surface area contributed by atoms with Gasteiger partial charge in [-0.1, -0.05) is 24.3 Å². The Hall–Kier alpha value is -1.90. The van der Waals surface area contributed by atoms with E-state index in [-0.39, 0.29) is 35.2 Å². The first-order chi connectivity index (χ1) is 13.6. The molecule has 0 atom stereocenters. The largest absolute Gasteiger partial charge is 0.357 e. The first-order valence-corrected chi connectivity index (χ1v) is 10.0. The van der Waals surface area contributed by atoms with Gasteiger partial charge in [0.25, 0.3) is 0 Å². The van der Waals surface area contributed by atoms with Crippen LogP contribution in [-0.4, -0.2) is 37.6 Å². The van der Waals surface area contributed by atoms with Crippen LogP contribution in [0.1, 0.15) is 37.8 Å². The summed E-state index contributed by atoms with van der Waals surface area (Å²) in [6, 6.07) is 11.2. The number of benzene rings is 1. The van der Waals surface area contributed by atoms with E-state index in [9.17, 15) is 4.39 Å². The Balaban J connectivity index is 0.00000300. The molecule has 1 aromatic heterocycles. The highest BCUT2D eigenvalue weighted by Gasteiger charge is 2.45. The van der Waals surface area contributed by atoms with Crippen molar-refractivity contribution in [2.24, 2.45) is 4.99 Å². The maximum Gasteiger partial charge on any atom is 0.191 e. The van der Waals surface area contributed by atoms with Gasteiger partial charge in [0, 0.05) is 44.8 Å². The van der Waals surface area contributed by atoms with Gasteiger partial charge < -0.3 is 15.5 Å². The molecule has 1 fully saturated rings. The number of pyridine rings is 1. The maximum absolute atomic E-state index is 14.2. The monoisotopic (exact) mass is 511 g/mol. The van der Waals surface area contributed by atoms with E-state index in [0.717, 1.165) is 48.8 Å². The molecule has 2 aromatic rings. The Morgan fingerprint density at radius 2 is 1.86 bits per heavy atom. The highest BCUT2D eigenvalue weighted by molar-refractivity contribution is 14.0. The van der Waals surface area contributed by atoms with Gasteiger partial charge in [-0.15, -0.1) is 24.0 Å². The summed E-state index contributed by atoms with van der Waals surface area (Å²) in [5, 5.41) is 6.68. The topological polar surface area (TPSA) is 52.5 Å². The van der Waals surface area contributed by atoms with E-state index in [1.807, 2.05) is 18.3 Å². The van der Waals surface area contributed by atoms with E-state index >= 15 is 0 Å². The summed E-state index contributed by atoms with van der Waals surface area (Å²) in [4.78, 5) is 11.1. The molecule has 2 N–H and O–H groups in total. The number of anilines is 1. The summed E-state index contributed by atoms with van der Waals surface area (Å²) in [7, 11) is 1.75. The fraction of sp³-hybridized carbons (Fsp3) is 0.455. The third kappa shape index (κ3) is 5.81. The van der Waals surface area contributed by atoms with Crippen LogP contribution in [0.5, 0.6) is 0 Å². The van der Waals surface area contributed by atoms with Crippen molar-refractivity contribution in [3.8, 4) is 0 Å². The molecule has 5 nitrogen and oxygen atoms in total. The second kappa shape index (κ2) is 10.8. The number of rotatable bonds is 8. The predicted octanol–water partition coefficient (Wildman–Crippen LogP) is 4.08. The Kier molecular flexibility index (Phi) is 8.67. The lowest BCUT2D eigenvalue weighted by atomic mass is 9.95. The number of nitrogens with zero attached hydrogens (tertiary/aromatic N) is 3. The van der Waals surface area contributed by atoms with E-state index in [4.69, 9.17) is 0 Å². The fourth-order valence-corrected chi connectivity index (χ4v) is 3.50. The molecule has 7 heteroatoms. The molecule has 1 heterocycles. The lowest BCUT2D eigenvalue weighted by Gasteiger charge is -2.20. The minimum Gasteiger partial charge on any atom is -0.357 e. The average molecular weight is 511 g/mol. The highest BCUT2D eigenvalue weighted by atomic mass is 127. The van der Waals surface area contributed by atoms with E-state index in [0.29, 0.717) is 13.1 Å². The van der Waals surface area contributed by atoms with Gasteiger partial charge in [0.15, 0.2) is 5.96 Å². The molecule has 0 aliphatic heterocycles. The molecule has 0 saturated heterocycles.